The second-order valence-electron chi connectivity index (χ2n) is 17.7. The maximum atomic E-state index is 2.42. The van der Waals surface area contributed by atoms with Gasteiger partial charge in [-0.05, 0) is 163 Å². The Hall–Kier alpha value is -8.46. The lowest BCUT2D eigenvalue weighted by Gasteiger charge is -2.29. The number of allylic oxidation sites excluding steroid dienone is 6. The Morgan fingerprint density at radius 3 is 1.76 bits per heavy atom. The van der Waals surface area contributed by atoms with Crippen molar-refractivity contribution >= 4 is 65.9 Å². The molecule has 0 saturated carbocycles. The standard InChI is InChI=1S/C65H48N2/c1-44-41-63(45(2)40-59(44)65-57-31-17-15-29-55(57)64(56-30-16-18-32-58(56)65)54-33-19-25-47-24-13-14-28-53(47)54)67(51-26-11-6-12-27-51)52-37-35-50(36-38-52)66-43-61(48-22-7-3-4-8-23-48)60-42-49(34-39-62(60)66)46-20-9-5-10-21-46/h3,5-43H,4H2,1-2H3. The summed E-state index contributed by atoms with van der Waals surface area (Å²) in [5.74, 6) is 0. The molecule has 0 spiro atoms. The number of aromatic nitrogens is 1. The molecule has 0 radical (unpaired) electrons. The third kappa shape index (κ3) is 7.06. The second kappa shape index (κ2) is 16.8. The van der Waals surface area contributed by atoms with E-state index in [9.17, 15) is 0 Å². The minimum atomic E-state index is 0.933. The number of anilines is 3. The van der Waals surface area contributed by atoms with Gasteiger partial charge in [0, 0.05) is 39.9 Å². The molecule has 1 aliphatic rings. The summed E-state index contributed by atoms with van der Waals surface area (Å²) in [4.78, 5) is 2.41. The van der Waals surface area contributed by atoms with Crippen LogP contribution in [0.3, 0.4) is 0 Å². The summed E-state index contributed by atoms with van der Waals surface area (Å²) in [5, 5.41) is 8.79. The van der Waals surface area contributed by atoms with Crippen LogP contribution in [0.25, 0.3) is 87.9 Å². The molecule has 0 fully saturated rings. The molecule has 1 heterocycles. The smallest absolute Gasteiger partial charge is 0.0535 e. The first kappa shape index (κ1) is 40.1. The summed E-state index contributed by atoms with van der Waals surface area (Å²) < 4.78 is 2.35. The van der Waals surface area contributed by atoms with Gasteiger partial charge in [-0.15, -0.1) is 0 Å². The largest absolute Gasteiger partial charge is 0.316 e. The Morgan fingerprint density at radius 2 is 1.04 bits per heavy atom. The van der Waals surface area contributed by atoms with Crippen LogP contribution in [0.4, 0.5) is 17.1 Å². The summed E-state index contributed by atoms with van der Waals surface area (Å²) >= 11 is 0. The van der Waals surface area contributed by atoms with Crippen LogP contribution in [0, 0.1) is 13.8 Å². The first-order valence-electron chi connectivity index (χ1n) is 23.3. The molecule has 318 valence electrons. The highest BCUT2D eigenvalue weighted by atomic mass is 15.1. The van der Waals surface area contributed by atoms with E-state index in [1.807, 2.05) is 0 Å². The van der Waals surface area contributed by atoms with Crippen LogP contribution in [0.2, 0.25) is 0 Å². The lowest BCUT2D eigenvalue weighted by atomic mass is 9.83. The van der Waals surface area contributed by atoms with Crippen LogP contribution in [-0.4, -0.2) is 4.57 Å². The van der Waals surface area contributed by atoms with Crippen molar-refractivity contribution in [1.29, 1.82) is 0 Å². The Morgan fingerprint density at radius 1 is 0.433 bits per heavy atom. The highest BCUT2D eigenvalue weighted by molar-refractivity contribution is 6.23. The van der Waals surface area contributed by atoms with E-state index in [-0.39, 0.29) is 0 Å². The fraction of sp³-hybridized carbons (Fsp3) is 0.0462. The molecular weight excluding hydrogens is 809 g/mol. The van der Waals surface area contributed by atoms with E-state index in [0.29, 0.717) is 0 Å². The molecule has 2 heteroatoms. The van der Waals surface area contributed by atoms with Crippen molar-refractivity contribution < 1.29 is 0 Å². The van der Waals surface area contributed by atoms with E-state index in [2.05, 4.69) is 266 Å². The number of hydrogen-bond acceptors (Lipinski definition) is 1. The maximum absolute atomic E-state index is 2.42. The van der Waals surface area contributed by atoms with Gasteiger partial charge in [0.2, 0.25) is 0 Å². The Labute approximate surface area is 392 Å². The molecule has 0 unspecified atom stereocenters. The van der Waals surface area contributed by atoms with Gasteiger partial charge in [0.25, 0.3) is 0 Å². The van der Waals surface area contributed by atoms with Crippen LogP contribution in [-0.2, 0) is 0 Å². The van der Waals surface area contributed by atoms with Crippen LogP contribution < -0.4 is 4.90 Å². The summed E-state index contributed by atoms with van der Waals surface area (Å²) in [7, 11) is 0. The topological polar surface area (TPSA) is 8.17 Å². The molecule has 1 aromatic heterocycles. The maximum Gasteiger partial charge on any atom is 0.0535 e. The summed E-state index contributed by atoms with van der Waals surface area (Å²) in [6, 6.07) is 75.7. The SMILES string of the molecule is Cc1cc(N(c2ccccc2)c2ccc(-n3cc(C4=CC=CCC=C4)c4cc(-c5ccccc5)ccc43)cc2)c(C)cc1-c1c2ccccc2c(-c2cccc3ccccc23)c2ccccc12. The molecule has 1 aliphatic carbocycles. The average molecular weight is 857 g/mol. The summed E-state index contributed by atoms with van der Waals surface area (Å²) in [6.07, 6.45) is 14.4. The number of benzene rings is 10. The van der Waals surface area contributed by atoms with Crippen LogP contribution in [0.15, 0.2) is 243 Å². The van der Waals surface area contributed by atoms with Gasteiger partial charge >= 0.3 is 0 Å². The normalized spacial score (nSPS) is 12.5. The van der Waals surface area contributed by atoms with E-state index in [1.54, 1.807) is 0 Å². The summed E-state index contributed by atoms with van der Waals surface area (Å²) in [6.45, 7) is 4.54. The first-order chi connectivity index (χ1) is 33.1. The number of aryl methyl sites for hydroxylation is 2. The molecule has 0 amide bonds. The molecule has 11 aromatic rings. The number of rotatable bonds is 8. The van der Waals surface area contributed by atoms with Crippen molar-refractivity contribution in [2.45, 2.75) is 20.3 Å². The lowest BCUT2D eigenvalue weighted by Crippen LogP contribution is -2.12. The Kier molecular flexibility index (Phi) is 10.1. The highest BCUT2D eigenvalue weighted by Crippen LogP contribution is 2.48. The van der Waals surface area contributed by atoms with Crippen LogP contribution in [0.1, 0.15) is 23.1 Å². The zero-order chi connectivity index (χ0) is 44.8. The first-order valence-corrected chi connectivity index (χ1v) is 23.3. The van der Waals surface area contributed by atoms with Crippen molar-refractivity contribution in [3.8, 4) is 39.1 Å². The van der Waals surface area contributed by atoms with Gasteiger partial charge in [-0.1, -0.05) is 176 Å². The third-order valence-electron chi connectivity index (χ3n) is 13.6. The highest BCUT2D eigenvalue weighted by Gasteiger charge is 2.22. The molecule has 0 atom stereocenters. The minimum absolute atomic E-state index is 0.933. The quantitative estimate of drug-likeness (QED) is 0.138. The van der Waals surface area contributed by atoms with Gasteiger partial charge < -0.3 is 9.47 Å². The number of fused-ring (bicyclic) bond motifs is 4. The molecule has 0 saturated heterocycles. The molecule has 10 aromatic carbocycles. The van der Waals surface area contributed by atoms with E-state index in [4.69, 9.17) is 0 Å². The Balaban J connectivity index is 0.982. The van der Waals surface area contributed by atoms with E-state index >= 15 is 0 Å². The molecular formula is C65H48N2. The fourth-order valence-corrected chi connectivity index (χ4v) is 10.5. The molecule has 0 N–H and O–H groups in total. The molecule has 2 nitrogen and oxygen atoms in total. The molecule has 12 rings (SSSR count). The lowest BCUT2D eigenvalue weighted by molar-refractivity contribution is 1.12. The van der Waals surface area contributed by atoms with Crippen LogP contribution in [0.5, 0.6) is 0 Å². The molecule has 0 bridgehead atoms. The minimum Gasteiger partial charge on any atom is -0.316 e. The van der Waals surface area contributed by atoms with E-state index < -0.39 is 0 Å². The monoisotopic (exact) mass is 856 g/mol. The predicted octanol–water partition coefficient (Wildman–Crippen LogP) is 18.1. The number of para-hydroxylation sites is 1. The zero-order valence-electron chi connectivity index (χ0n) is 37.7. The number of hydrogen-bond donors (Lipinski definition) is 0. The van der Waals surface area contributed by atoms with Gasteiger partial charge in [0.1, 0.15) is 0 Å². The fourth-order valence-electron chi connectivity index (χ4n) is 10.5. The van der Waals surface area contributed by atoms with Crippen molar-refractivity contribution in [2.75, 3.05) is 4.90 Å². The van der Waals surface area contributed by atoms with Gasteiger partial charge in [-0.3, -0.25) is 0 Å². The zero-order valence-corrected chi connectivity index (χ0v) is 37.7. The average Bonchev–Trinajstić information content (AvgIpc) is 3.54. The summed E-state index contributed by atoms with van der Waals surface area (Å²) in [5.41, 5.74) is 18.0. The van der Waals surface area contributed by atoms with Gasteiger partial charge in [0.15, 0.2) is 0 Å². The molecule has 0 aliphatic heterocycles. The Bertz CT molecular complexity index is 3710. The second-order valence-corrected chi connectivity index (χ2v) is 17.7. The van der Waals surface area contributed by atoms with Gasteiger partial charge in [0.05, 0.1) is 5.52 Å². The van der Waals surface area contributed by atoms with Crippen LogP contribution >= 0.6 is 0 Å². The van der Waals surface area contributed by atoms with Gasteiger partial charge in [-0.25, -0.2) is 0 Å². The predicted molar refractivity (Wildman–Crippen MR) is 287 cm³/mol. The number of nitrogens with zero attached hydrogens (tertiary/aromatic N) is 2. The van der Waals surface area contributed by atoms with E-state index in [1.165, 1.54) is 98.9 Å². The van der Waals surface area contributed by atoms with Gasteiger partial charge in [-0.2, -0.15) is 0 Å². The van der Waals surface area contributed by atoms with Crippen molar-refractivity contribution in [2.24, 2.45) is 0 Å². The third-order valence-corrected chi connectivity index (χ3v) is 13.6. The van der Waals surface area contributed by atoms with Crippen molar-refractivity contribution in [3.63, 3.8) is 0 Å². The molecule has 67 heavy (non-hydrogen) atoms. The van der Waals surface area contributed by atoms with E-state index in [0.717, 1.165) is 29.2 Å². The van der Waals surface area contributed by atoms with Crippen molar-refractivity contribution in [1.82, 2.24) is 4.57 Å². The van der Waals surface area contributed by atoms with Crippen molar-refractivity contribution in [3.05, 3.63) is 260 Å².